The van der Waals surface area contributed by atoms with Crippen LogP contribution in [0, 0.1) is 0 Å². The summed E-state index contributed by atoms with van der Waals surface area (Å²) in [7, 11) is 3.21. The number of anilines is 1. The lowest BCUT2D eigenvalue weighted by molar-refractivity contribution is 0.236. The zero-order valence-corrected chi connectivity index (χ0v) is 15.1. The van der Waals surface area contributed by atoms with E-state index in [9.17, 15) is 4.79 Å². The molecule has 0 aromatic heterocycles. The molecule has 0 saturated carbocycles. The number of ether oxygens (including phenoxy) is 2. The molecule has 2 aromatic carbocycles. The minimum atomic E-state index is -0.547. The van der Waals surface area contributed by atoms with Crippen molar-refractivity contribution < 1.29 is 14.3 Å². The van der Waals surface area contributed by atoms with Crippen molar-refractivity contribution in [3.8, 4) is 11.5 Å². The summed E-state index contributed by atoms with van der Waals surface area (Å²) in [6.45, 7) is 4.66. The largest absolute Gasteiger partial charge is 0.493 e. The molecular formula is C20H24N2O3. The molecule has 25 heavy (non-hydrogen) atoms. The number of fused-ring (bicyclic) bond motifs is 1. The quantitative estimate of drug-likeness (QED) is 0.923. The number of amides is 2. The van der Waals surface area contributed by atoms with Crippen molar-refractivity contribution in [2.75, 3.05) is 25.7 Å². The Hall–Kier alpha value is -2.69. The first kappa shape index (κ1) is 17.1. The molecule has 5 heteroatoms. The number of benzene rings is 2. The van der Waals surface area contributed by atoms with Gasteiger partial charge in [0.2, 0.25) is 0 Å². The molecule has 1 aliphatic heterocycles. The highest BCUT2D eigenvalue weighted by Crippen LogP contribution is 2.33. The second-order valence-corrected chi connectivity index (χ2v) is 6.66. The number of urea groups is 1. The number of hydrogen-bond acceptors (Lipinski definition) is 3. The summed E-state index contributed by atoms with van der Waals surface area (Å²) in [6.07, 6.45) is 0.889. The van der Waals surface area contributed by atoms with Gasteiger partial charge in [0, 0.05) is 12.2 Å². The summed E-state index contributed by atoms with van der Waals surface area (Å²) in [5.41, 5.74) is 2.60. The Kier molecular flexibility index (Phi) is 4.57. The van der Waals surface area contributed by atoms with E-state index in [0.717, 1.165) is 17.7 Å². The Morgan fingerprint density at radius 3 is 2.52 bits per heavy atom. The molecule has 0 atom stereocenters. The third-order valence-electron chi connectivity index (χ3n) is 4.66. The van der Waals surface area contributed by atoms with Gasteiger partial charge in [0.15, 0.2) is 11.5 Å². The van der Waals surface area contributed by atoms with Crippen LogP contribution < -0.4 is 19.7 Å². The number of nitrogens with zero attached hydrogens (tertiary/aromatic N) is 1. The van der Waals surface area contributed by atoms with Crippen LogP contribution in [-0.4, -0.2) is 26.8 Å². The van der Waals surface area contributed by atoms with Crippen molar-refractivity contribution in [2.24, 2.45) is 0 Å². The fraction of sp³-hybridized carbons (Fsp3) is 0.350. The molecule has 0 unspecified atom stereocenters. The van der Waals surface area contributed by atoms with E-state index in [1.54, 1.807) is 19.1 Å². The van der Waals surface area contributed by atoms with Crippen molar-refractivity contribution in [3.63, 3.8) is 0 Å². The molecule has 0 radical (unpaired) electrons. The first-order valence-corrected chi connectivity index (χ1v) is 8.36. The van der Waals surface area contributed by atoms with E-state index in [2.05, 4.69) is 11.4 Å². The molecule has 0 bridgehead atoms. The van der Waals surface area contributed by atoms with Crippen LogP contribution in [0.1, 0.15) is 25.0 Å². The van der Waals surface area contributed by atoms with E-state index in [1.807, 2.05) is 50.2 Å². The molecule has 1 aliphatic rings. The number of nitrogens with one attached hydrogen (secondary N) is 1. The number of rotatable bonds is 4. The van der Waals surface area contributed by atoms with Crippen LogP contribution in [0.5, 0.6) is 11.5 Å². The number of methoxy groups -OCH3 is 2. The maximum absolute atomic E-state index is 12.8. The van der Waals surface area contributed by atoms with Gasteiger partial charge in [-0.25, -0.2) is 4.79 Å². The smallest absolute Gasteiger partial charge is 0.322 e. The van der Waals surface area contributed by atoms with Crippen LogP contribution in [0.3, 0.4) is 0 Å². The topological polar surface area (TPSA) is 50.8 Å². The molecule has 5 nitrogen and oxygen atoms in total. The first-order valence-electron chi connectivity index (χ1n) is 8.36. The summed E-state index contributed by atoms with van der Waals surface area (Å²) in [4.78, 5) is 14.6. The number of carbonyl (C=O) groups excluding carboxylic acids is 1. The van der Waals surface area contributed by atoms with Gasteiger partial charge in [-0.1, -0.05) is 24.3 Å². The lowest BCUT2D eigenvalue weighted by atomic mass is 9.94. The highest BCUT2D eigenvalue weighted by Gasteiger charge is 2.30. The second kappa shape index (κ2) is 6.67. The predicted molar refractivity (Wildman–Crippen MR) is 98.6 cm³/mol. The minimum Gasteiger partial charge on any atom is -0.493 e. The van der Waals surface area contributed by atoms with Gasteiger partial charge >= 0.3 is 6.03 Å². The maximum Gasteiger partial charge on any atom is 0.322 e. The molecule has 1 heterocycles. The highest BCUT2D eigenvalue weighted by molar-refractivity contribution is 5.94. The summed E-state index contributed by atoms with van der Waals surface area (Å²) >= 11 is 0. The molecular weight excluding hydrogens is 316 g/mol. The minimum absolute atomic E-state index is 0.0928. The van der Waals surface area contributed by atoms with Crippen molar-refractivity contribution >= 4 is 11.7 Å². The normalized spacial score (nSPS) is 13.4. The summed E-state index contributed by atoms with van der Waals surface area (Å²) in [5, 5.41) is 3.13. The highest BCUT2D eigenvalue weighted by atomic mass is 16.5. The van der Waals surface area contributed by atoms with Crippen molar-refractivity contribution in [1.82, 2.24) is 5.32 Å². The average Bonchev–Trinajstić information content (AvgIpc) is 3.05. The molecule has 0 spiro atoms. The van der Waals surface area contributed by atoms with E-state index in [-0.39, 0.29) is 6.03 Å². The van der Waals surface area contributed by atoms with E-state index >= 15 is 0 Å². The lowest BCUT2D eigenvalue weighted by Crippen LogP contribution is -2.48. The van der Waals surface area contributed by atoms with E-state index in [1.165, 1.54) is 5.56 Å². The second-order valence-electron chi connectivity index (χ2n) is 6.66. The summed E-state index contributed by atoms with van der Waals surface area (Å²) in [6, 6.07) is 13.6. The number of para-hydroxylation sites is 1. The Morgan fingerprint density at radius 1 is 1.08 bits per heavy atom. The van der Waals surface area contributed by atoms with Gasteiger partial charge in [-0.05, 0) is 49.6 Å². The zero-order chi connectivity index (χ0) is 18.0. The third-order valence-corrected chi connectivity index (χ3v) is 4.66. The van der Waals surface area contributed by atoms with Gasteiger partial charge in [-0.3, -0.25) is 4.90 Å². The van der Waals surface area contributed by atoms with Crippen molar-refractivity contribution in [2.45, 2.75) is 25.8 Å². The van der Waals surface area contributed by atoms with Crippen LogP contribution >= 0.6 is 0 Å². The molecule has 0 fully saturated rings. The van der Waals surface area contributed by atoms with E-state index < -0.39 is 5.54 Å². The Morgan fingerprint density at radius 2 is 1.80 bits per heavy atom. The Bertz CT molecular complexity index is 786. The van der Waals surface area contributed by atoms with Crippen LogP contribution in [0.4, 0.5) is 10.5 Å². The monoisotopic (exact) mass is 340 g/mol. The van der Waals surface area contributed by atoms with Crippen LogP contribution in [0.25, 0.3) is 0 Å². The fourth-order valence-corrected chi connectivity index (χ4v) is 3.18. The van der Waals surface area contributed by atoms with Gasteiger partial charge in [-0.15, -0.1) is 0 Å². The molecule has 1 N–H and O–H groups in total. The van der Waals surface area contributed by atoms with Gasteiger partial charge in [0.25, 0.3) is 0 Å². The first-order chi connectivity index (χ1) is 12.0. The lowest BCUT2D eigenvalue weighted by Gasteiger charge is -2.30. The third kappa shape index (κ3) is 3.27. The van der Waals surface area contributed by atoms with E-state index in [0.29, 0.717) is 18.0 Å². The van der Waals surface area contributed by atoms with Crippen LogP contribution in [0.15, 0.2) is 42.5 Å². The van der Waals surface area contributed by atoms with Crippen molar-refractivity contribution in [1.29, 1.82) is 0 Å². The molecule has 2 amide bonds. The predicted octanol–water partition coefficient (Wildman–Crippen LogP) is 3.71. The van der Waals surface area contributed by atoms with Gasteiger partial charge in [-0.2, -0.15) is 0 Å². The SMILES string of the molecule is COc1ccc(C(C)(C)NC(=O)N2CCc3ccccc32)cc1OC. The van der Waals surface area contributed by atoms with Gasteiger partial charge in [0.1, 0.15) is 0 Å². The Balaban J connectivity index is 1.81. The summed E-state index contributed by atoms with van der Waals surface area (Å²) < 4.78 is 10.7. The van der Waals surface area contributed by atoms with Gasteiger partial charge in [0.05, 0.1) is 19.8 Å². The van der Waals surface area contributed by atoms with Crippen molar-refractivity contribution in [3.05, 3.63) is 53.6 Å². The van der Waals surface area contributed by atoms with E-state index in [4.69, 9.17) is 9.47 Å². The molecule has 0 saturated heterocycles. The van der Waals surface area contributed by atoms with Crippen LogP contribution in [-0.2, 0) is 12.0 Å². The zero-order valence-electron chi connectivity index (χ0n) is 15.1. The average molecular weight is 340 g/mol. The fourth-order valence-electron chi connectivity index (χ4n) is 3.18. The summed E-state index contributed by atoms with van der Waals surface area (Å²) in [5.74, 6) is 1.32. The maximum atomic E-state index is 12.8. The molecule has 0 aliphatic carbocycles. The molecule has 132 valence electrons. The number of carbonyl (C=O) groups is 1. The standard InChI is InChI=1S/C20H24N2O3/c1-20(2,15-9-10-17(24-3)18(13-15)25-4)21-19(23)22-12-11-14-7-5-6-8-16(14)22/h5-10,13H,11-12H2,1-4H3,(H,21,23). The van der Waals surface area contributed by atoms with Crippen LogP contribution in [0.2, 0.25) is 0 Å². The molecule has 2 aromatic rings. The van der Waals surface area contributed by atoms with Gasteiger partial charge < -0.3 is 14.8 Å². The molecule has 3 rings (SSSR count). The Labute approximate surface area is 148 Å². The number of hydrogen-bond donors (Lipinski definition) is 1.